The Morgan fingerprint density at radius 2 is 1.95 bits per heavy atom. The molecule has 108 valence electrons. The molecule has 0 saturated carbocycles. The number of benzene rings is 1. The first-order chi connectivity index (χ1) is 9.74. The van der Waals surface area contributed by atoms with Gasteiger partial charge in [0.25, 0.3) is 0 Å². The van der Waals surface area contributed by atoms with Crippen LogP contribution >= 0.6 is 0 Å². The van der Waals surface area contributed by atoms with Crippen molar-refractivity contribution in [1.29, 1.82) is 0 Å². The molecule has 0 radical (unpaired) electrons. The van der Waals surface area contributed by atoms with E-state index in [9.17, 15) is 0 Å². The Morgan fingerprint density at radius 3 is 2.75 bits per heavy atom. The third-order valence-electron chi connectivity index (χ3n) is 4.17. The number of rotatable bonds is 4. The van der Waals surface area contributed by atoms with Crippen molar-refractivity contribution in [2.75, 3.05) is 32.8 Å². The first kappa shape index (κ1) is 13.7. The van der Waals surface area contributed by atoms with Crippen LogP contribution in [0.3, 0.4) is 0 Å². The molecule has 1 fully saturated rings. The van der Waals surface area contributed by atoms with Crippen molar-refractivity contribution in [3.8, 4) is 0 Å². The van der Waals surface area contributed by atoms with Crippen molar-refractivity contribution < 1.29 is 9.15 Å². The summed E-state index contributed by atoms with van der Waals surface area (Å²) in [7, 11) is 0. The molecule has 1 aliphatic rings. The third kappa shape index (κ3) is 2.89. The van der Waals surface area contributed by atoms with E-state index in [1.165, 1.54) is 16.5 Å². The smallest absolute Gasteiger partial charge is 0.134 e. The predicted octanol–water partition coefficient (Wildman–Crippen LogP) is 3.31. The Morgan fingerprint density at radius 1 is 1.15 bits per heavy atom. The van der Waals surface area contributed by atoms with E-state index in [2.05, 4.69) is 36.9 Å². The van der Waals surface area contributed by atoms with E-state index in [4.69, 9.17) is 9.15 Å². The van der Waals surface area contributed by atoms with Gasteiger partial charge in [-0.3, -0.25) is 4.90 Å². The highest BCUT2D eigenvalue weighted by molar-refractivity contribution is 5.82. The van der Waals surface area contributed by atoms with Crippen molar-refractivity contribution in [2.24, 2.45) is 0 Å². The summed E-state index contributed by atoms with van der Waals surface area (Å²) in [5.74, 6) is 1.15. The van der Waals surface area contributed by atoms with Gasteiger partial charge in [-0.1, -0.05) is 12.1 Å². The second-order valence-electron chi connectivity index (χ2n) is 5.71. The molecule has 0 bridgehead atoms. The normalized spacial score (nSPS) is 16.9. The minimum Gasteiger partial charge on any atom is -0.461 e. The van der Waals surface area contributed by atoms with E-state index >= 15 is 0 Å². The summed E-state index contributed by atoms with van der Waals surface area (Å²) >= 11 is 0. The lowest BCUT2D eigenvalue weighted by Crippen LogP contribution is -2.36. The number of hydrogen-bond acceptors (Lipinski definition) is 3. The van der Waals surface area contributed by atoms with Crippen molar-refractivity contribution in [2.45, 2.75) is 26.7 Å². The fourth-order valence-electron chi connectivity index (χ4n) is 2.91. The highest BCUT2D eigenvalue weighted by atomic mass is 16.5. The lowest BCUT2D eigenvalue weighted by Gasteiger charge is -2.26. The van der Waals surface area contributed by atoms with Gasteiger partial charge in [-0.25, -0.2) is 0 Å². The van der Waals surface area contributed by atoms with Crippen molar-refractivity contribution in [1.82, 2.24) is 4.90 Å². The van der Waals surface area contributed by atoms with E-state index in [1.54, 1.807) is 0 Å². The number of ether oxygens (including phenoxy) is 1. The van der Waals surface area contributed by atoms with Gasteiger partial charge in [0.2, 0.25) is 0 Å². The highest BCUT2D eigenvalue weighted by Gasteiger charge is 2.13. The molecule has 2 aromatic rings. The number of aryl methyl sites for hydroxylation is 3. The summed E-state index contributed by atoms with van der Waals surface area (Å²) in [4.78, 5) is 2.48. The molecule has 0 unspecified atom stereocenters. The van der Waals surface area contributed by atoms with Gasteiger partial charge in [-0.2, -0.15) is 0 Å². The molecule has 3 nitrogen and oxygen atoms in total. The maximum absolute atomic E-state index is 6.03. The van der Waals surface area contributed by atoms with Gasteiger partial charge in [0.15, 0.2) is 0 Å². The zero-order valence-corrected chi connectivity index (χ0v) is 12.4. The molecule has 0 N–H and O–H groups in total. The molecular formula is C17H23NO2. The first-order valence-corrected chi connectivity index (χ1v) is 7.53. The molecule has 3 rings (SSSR count). The summed E-state index contributed by atoms with van der Waals surface area (Å²) in [6.45, 7) is 9.31. The summed E-state index contributed by atoms with van der Waals surface area (Å²) in [5.41, 5.74) is 3.59. The predicted molar refractivity (Wildman–Crippen MR) is 81.3 cm³/mol. The second kappa shape index (κ2) is 5.98. The largest absolute Gasteiger partial charge is 0.461 e. The van der Waals surface area contributed by atoms with E-state index in [0.717, 1.165) is 57.0 Å². The molecule has 0 atom stereocenters. The van der Waals surface area contributed by atoms with Gasteiger partial charge in [0, 0.05) is 24.9 Å². The highest BCUT2D eigenvalue weighted by Crippen LogP contribution is 2.26. The Hall–Kier alpha value is -1.32. The Bertz CT molecular complexity index is 582. The van der Waals surface area contributed by atoms with E-state index in [1.807, 2.05) is 0 Å². The van der Waals surface area contributed by atoms with Gasteiger partial charge in [-0.15, -0.1) is 0 Å². The first-order valence-electron chi connectivity index (χ1n) is 7.53. The lowest BCUT2D eigenvalue weighted by atomic mass is 10.1. The van der Waals surface area contributed by atoms with Crippen LogP contribution in [-0.4, -0.2) is 37.7 Å². The molecule has 1 aromatic carbocycles. The Balaban J connectivity index is 1.63. The number of nitrogens with zero attached hydrogens (tertiary/aromatic N) is 1. The van der Waals surface area contributed by atoms with Crippen molar-refractivity contribution in [3.05, 3.63) is 35.1 Å². The van der Waals surface area contributed by atoms with Gasteiger partial charge in [0.05, 0.1) is 13.2 Å². The molecule has 0 spiro atoms. The molecule has 0 amide bonds. The molecule has 20 heavy (non-hydrogen) atoms. The monoisotopic (exact) mass is 273 g/mol. The number of hydrogen-bond donors (Lipinski definition) is 0. The maximum atomic E-state index is 6.03. The minimum atomic E-state index is 0.878. The van der Waals surface area contributed by atoms with Crippen LogP contribution in [0.15, 0.2) is 22.6 Å². The standard InChI is InChI=1S/C17H23NO2/c1-13-5-6-15-14(2)16(20-17(15)12-13)4-3-7-18-8-10-19-11-9-18/h5-6,12H,3-4,7-11H2,1-2H3. The van der Waals surface area contributed by atoms with Crippen LogP contribution < -0.4 is 0 Å². The zero-order chi connectivity index (χ0) is 13.9. The molecule has 0 aliphatic carbocycles. The van der Waals surface area contributed by atoms with Crippen LogP contribution in [-0.2, 0) is 11.2 Å². The fraction of sp³-hybridized carbons (Fsp3) is 0.529. The SMILES string of the molecule is Cc1ccc2c(C)c(CCCN3CCOCC3)oc2c1. The van der Waals surface area contributed by atoms with Gasteiger partial charge >= 0.3 is 0 Å². The average Bonchev–Trinajstić information content (AvgIpc) is 2.76. The summed E-state index contributed by atoms with van der Waals surface area (Å²) in [6.07, 6.45) is 2.18. The minimum absolute atomic E-state index is 0.878. The summed E-state index contributed by atoms with van der Waals surface area (Å²) in [5, 5.41) is 1.26. The lowest BCUT2D eigenvalue weighted by molar-refractivity contribution is 0.0373. The van der Waals surface area contributed by atoms with Crippen molar-refractivity contribution in [3.63, 3.8) is 0 Å². The number of furan rings is 1. The molecular weight excluding hydrogens is 250 g/mol. The fourth-order valence-corrected chi connectivity index (χ4v) is 2.91. The summed E-state index contributed by atoms with van der Waals surface area (Å²) < 4.78 is 11.4. The van der Waals surface area contributed by atoms with Crippen LogP contribution in [0, 0.1) is 13.8 Å². The molecule has 1 aliphatic heterocycles. The van der Waals surface area contributed by atoms with Crippen LogP contribution in [0.5, 0.6) is 0 Å². The summed E-state index contributed by atoms with van der Waals surface area (Å²) in [6, 6.07) is 6.46. The third-order valence-corrected chi connectivity index (χ3v) is 4.17. The van der Waals surface area contributed by atoms with Crippen LogP contribution in [0.25, 0.3) is 11.0 Å². The van der Waals surface area contributed by atoms with Gasteiger partial charge in [0.1, 0.15) is 11.3 Å². The topological polar surface area (TPSA) is 25.6 Å². The van der Waals surface area contributed by atoms with Gasteiger partial charge in [-0.05, 0) is 44.0 Å². The van der Waals surface area contributed by atoms with E-state index < -0.39 is 0 Å². The van der Waals surface area contributed by atoms with Crippen molar-refractivity contribution >= 4 is 11.0 Å². The molecule has 3 heteroatoms. The average molecular weight is 273 g/mol. The Kier molecular flexibility index (Phi) is 4.08. The van der Waals surface area contributed by atoms with Crippen LogP contribution in [0.2, 0.25) is 0 Å². The molecule has 1 saturated heterocycles. The molecule has 2 heterocycles. The van der Waals surface area contributed by atoms with E-state index in [-0.39, 0.29) is 0 Å². The number of fused-ring (bicyclic) bond motifs is 1. The van der Waals surface area contributed by atoms with E-state index in [0.29, 0.717) is 0 Å². The maximum Gasteiger partial charge on any atom is 0.134 e. The second-order valence-corrected chi connectivity index (χ2v) is 5.71. The zero-order valence-electron chi connectivity index (χ0n) is 12.4. The Labute approximate surface area is 120 Å². The number of morpholine rings is 1. The van der Waals surface area contributed by atoms with Crippen LogP contribution in [0.1, 0.15) is 23.3 Å². The quantitative estimate of drug-likeness (QED) is 0.854. The van der Waals surface area contributed by atoms with Gasteiger partial charge < -0.3 is 9.15 Å². The molecule has 1 aromatic heterocycles. The van der Waals surface area contributed by atoms with Crippen LogP contribution in [0.4, 0.5) is 0 Å².